The quantitative estimate of drug-likeness (QED) is 0.455. The second-order valence-electron chi connectivity index (χ2n) is 7.00. The summed E-state index contributed by atoms with van der Waals surface area (Å²) in [5.41, 5.74) is 4.38. The molecular formula is C21H22Cl2N2O. The van der Waals surface area contributed by atoms with E-state index in [1.807, 2.05) is 36.4 Å². The summed E-state index contributed by atoms with van der Waals surface area (Å²) in [5.74, 6) is 0.0231. The van der Waals surface area contributed by atoms with Crippen molar-refractivity contribution in [3.05, 3.63) is 69.4 Å². The zero-order chi connectivity index (χ0) is 19.1. The molecule has 136 valence electrons. The number of rotatable bonds is 4. The van der Waals surface area contributed by atoms with Crippen LogP contribution in [0.2, 0.25) is 10.0 Å². The van der Waals surface area contributed by atoms with Gasteiger partial charge >= 0.3 is 0 Å². The lowest BCUT2D eigenvalue weighted by Crippen LogP contribution is -2.34. The van der Waals surface area contributed by atoms with Gasteiger partial charge in [0.15, 0.2) is 0 Å². The van der Waals surface area contributed by atoms with E-state index in [1.54, 1.807) is 13.0 Å². The highest BCUT2D eigenvalue weighted by atomic mass is 35.5. The van der Waals surface area contributed by atoms with Crippen LogP contribution in [-0.2, 0) is 5.41 Å². The molecule has 0 amide bonds. The van der Waals surface area contributed by atoms with Gasteiger partial charge in [-0.2, -0.15) is 0 Å². The van der Waals surface area contributed by atoms with Gasteiger partial charge in [0.05, 0.1) is 5.71 Å². The highest BCUT2D eigenvalue weighted by molar-refractivity contribution is 6.31. The predicted molar refractivity (Wildman–Crippen MR) is 111 cm³/mol. The van der Waals surface area contributed by atoms with Crippen LogP contribution in [0.25, 0.3) is 0 Å². The molecule has 26 heavy (non-hydrogen) atoms. The Bertz CT molecular complexity index is 847. The van der Waals surface area contributed by atoms with Crippen molar-refractivity contribution in [3.63, 3.8) is 0 Å². The first kappa shape index (κ1) is 18.8. The minimum atomic E-state index is -0.240. The predicted octanol–water partition coefficient (Wildman–Crippen LogP) is 6.64. The summed E-state index contributed by atoms with van der Waals surface area (Å²) in [7, 11) is 0. The van der Waals surface area contributed by atoms with E-state index in [2.05, 4.69) is 18.7 Å². The topological polar surface area (TPSA) is 47.3 Å². The van der Waals surface area contributed by atoms with Crippen molar-refractivity contribution >= 4 is 40.3 Å². The normalized spacial score (nSPS) is 15.4. The zero-order valence-corrected chi connectivity index (χ0v) is 16.6. The van der Waals surface area contributed by atoms with Gasteiger partial charge in [-0.05, 0) is 60.5 Å². The fourth-order valence-corrected chi connectivity index (χ4v) is 3.87. The molecule has 0 atom stereocenters. The van der Waals surface area contributed by atoms with Crippen molar-refractivity contribution in [1.29, 1.82) is 5.41 Å². The van der Waals surface area contributed by atoms with Gasteiger partial charge in [-0.15, -0.1) is 0 Å². The number of anilines is 2. The molecule has 0 unspecified atom stereocenters. The maximum Gasteiger partial charge on any atom is 0.132 e. The van der Waals surface area contributed by atoms with E-state index in [0.717, 1.165) is 22.5 Å². The summed E-state index contributed by atoms with van der Waals surface area (Å²) >= 11 is 12.6. The van der Waals surface area contributed by atoms with Crippen LogP contribution in [0.15, 0.2) is 48.2 Å². The fourth-order valence-electron chi connectivity index (χ4n) is 3.53. The molecule has 0 spiro atoms. The number of benzene rings is 2. The summed E-state index contributed by atoms with van der Waals surface area (Å²) in [6, 6.07) is 11.8. The Kier molecular flexibility index (Phi) is 5.05. The van der Waals surface area contributed by atoms with Crippen molar-refractivity contribution in [1.82, 2.24) is 0 Å². The third-order valence-corrected chi connectivity index (χ3v) is 5.48. The molecule has 2 aromatic carbocycles. The molecule has 1 aliphatic rings. The number of aliphatic hydroxyl groups excluding tert-OH is 1. The molecule has 5 heteroatoms. The van der Waals surface area contributed by atoms with Crippen LogP contribution in [0.1, 0.15) is 38.3 Å². The first-order chi connectivity index (χ1) is 12.3. The van der Waals surface area contributed by atoms with Crippen molar-refractivity contribution in [2.24, 2.45) is 0 Å². The van der Waals surface area contributed by atoms with Gasteiger partial charge in [-0.3, -0.25) is 0 Å². The Morgan fingerprint density at radius 3 is 2.04 bits per heavy atom. The molecule has 3 nitrogen and oxygen atoms in total. The van der Waals surface area contributed by atoms with Gasteiger partial charge in [-0.1, -0.05) is 37.0 Å². The van der Waals surface area contributed by atoms with E-state index in [4.69, 9.17) is 28.6 Å². The molecular weight excluding hydrogens is 367 g/mol. The number of aliphatic hydroxyl groups is 1. The van der Waals surface area contributed by atoms with Crippen LogP contribution in [0.4, 0.5) is 11.4 Å². The van der Waals surface area contributed by atoms with Gasteiger partial charge in [0, 0.05) is 39.8 Å². The molecule has 1 aliphatic heterocycles. The van der Waals surface area contributed by atoms with Crippen LogP contribution in [0.3, 0.4) is 0 Å². The number of fused-ring (bicyclic) bond motifs is 2. The Labute approximate surface area is 164 Å². The third-order valence-electron chi connectivity index (χ3n) is 5.01. The van der Waals surface area contributed by atoms with E-state index in [1.165, 1.54) is 0 Å². The third kappa shape index (κ3) is 3.22. The Hall–Kier alpha value is -1.97. The molecule has 2 N–H and O–H groups in total. The Morgan fingerprint density at radius 1 is 1.08 bits per heavy atom. The smallest absolute Gasteiger partial charge is 0.132 e. The van der Waals surface area contributed by atoms with Crippen LogP contribution in [0, 0.1) is 5.41 Å². The number of nitrogens with zero attached hydrogens (tertiary/aromatic N) is 1. The highest BCUT2D eigenvalue weighted by Gasteiger charge is 2.36. The van der Waals surface area contributed by atoms with E-state index < -0.39 is 0 Å². The van der Waals surface area contributed by atoms with E-state index >= 15 is 0 Å². The second kappa shape index (κ2) is 6.98. The van der Waals surface area contributed by atoms with Gasteiger partial charge < -0.3 is 15.4 Å². The molecule has 3 rings (SSSR count). The lowest BCUT2D eigenvalue weighted by Gasteiger charge is -2.42. The molecule has 0 aromatic heterocycles. The standard InChI is InChI=1S/C21H22Cl2N2O/c1-4-20(26)17(24)9-10-25-18-7-5-13(22)11-15(18)21(2,3)16-12-14(23)6-8-19(16)25/h4-8,11-12,24,26H,9-10H2,1-3H3/b20-4+,24-17?. The van der Waals surface area contributed by atoms with Crippen molar-refractivity contribution in [3.8, 4) is 0 Å². The maximum absolute atomic E-state index is 9.79. The van der Waals surface area contributed by atoms with Crippen LogP contribution in [-0.4, -0.2) is 17.4 Å². The summed E-state index contributed by atoms with van der Waals surface area (Å²) in [5, 5.41) is 19.2. The minimum Gasteiger partial charge on any atom is -0.506 e. The van der Waals surface area contributed by atoms with E-state index in [0.29, 0.717) is 23.0 Å². The number of hydrogen-bond acceptors (Lipinski definition) is 3. The van der Waals surface area contributed by atoms with Crippen molar-refractivity contribution in [2.45, 2.75) is 32.6 Å². The number of nitrogens with one attached hydrogen (secondary N) is 1. The molecule has 0 bridgehead atoms. The maximum atomic E-state index is 9.79. The lowest BCUT2D eigenvalue weighted by atomic mass is 9.73. The van der Waals surface area contributed by atoms with Gasteiger partial charge in [0.25, 0.3) is 0 Å². The number of hydrogen-bond donors (Lipinski definition) is 2. The second-order valence-corrected chi connectivity index (χ2v) is 7.87. The first-order valence-corrected chi connectivity index (χ1v) is 9.32. The monoisotopic (exact) mass is 388 g/mol. The molecule has 0 radical (unpaired) electrons. The Morgan fingerprint density at radius 2 is 1.58 bits per heavy atom. The van der Waals surface area contributed by atoms with Crippen LogP contribution in [0.5, 0.6) is 0 Å². The molecule has 0 saturated heterocycles. The molecule has 1 heterocycles. The lowest BCUT2D eigenvalue weighted by molar-refractivity contribution is 0.439. The highest BCUT2D eigenvalue weighted by Crippen LogP contribution is 2.50. The van der Waals surface area contributed by atoms with Crippen molar-refractivity contribution in [2.75, 3.05) is 11.4 Å². The van der Waals surface area contributed by atoms with Gasteiger partial charge in [-0.25, -0.2) is 0 Å². The van der Waals surface area contributed by atoms with E-state index in [9.17, 15) is 5.11 Å². The summed E-state index contributed by atoms with van der Waals surface area (Å²) < 4.78 is 0. The van der Waals surface area contributed by atoms with Crippen molar-refractivity contribution < 1.29 is 5.11 Å². The van der Waals surface area contributed by atoms with E-state index in [-0.39, 0.29) is 16.9 Å². The average Bonchev–Trinajstić information content (AvgIpc) is 2.61. The first-order valence-electron chi connectivity index (χ1n) is 8.56. The molecule has 0 fully saturated rings. The average molecular weight is 389 g/mol. The summed E-state index contributed by atoms with van der Waals surface area (Å²) in [6.07, 6.45) is 1.98. The fraction of sp³-hybridized carbons (Fsp3) is 0.286. The zero-order valence-electron chi connectivity index (χ0n) is 15.1. The molecule has 2 aromatic rings. The number of halogens is 2. The number of allylic oxidation sites excluding steroid dienone is 2. The SMILES string of the molecule is C/C=C(/O)C(=N)CCN1c2ccc(Cl)cc2C(C)(C)c2cc(Cl)ccc21. The largest absolute Gasteiger partial charge is 0.506 e. The van der Waals surface area contributed by atoms with Gasteiger partial charge in [0.2, 0.25) is 0 Å². The van der Waals surface area contributed by atoms with Crippen LogP contribution < -0.4 is 4.90 Å². The summed E-state index contributed by atoms with van der Waals surface area (Å²) in [6.45, 7) is 6.64. The molecule has 0 saturated carbocycles. The molecule has 0 aliphatic carbocycles. The minimum absolute atomic E-state index is 0.0231. The summed E-state index contributed by atoms with van der Waals surface area (Å²) in [4.78, 5) is 2.18. The van der Waals surface area contributed by atoms with Crippen LogP contribution >= 0.6 is 23.2 Å². The Balaban J connectivity index is 2.09. The van der Waals surface area contributed by atoms with Gasteiger partial charge in [0.1, 0.15) is 5.76 Å².